The Morgan fingerprint density at radius 2 is 0.525 bits per heavy atom. The van der Waals surface area contributed by atoms with Crippen LogP contribution < -0.4 is 0 Å². The second kappa shape index (κ2) is 26.8. The van der Waals surface area contributed by atoms with Crippen LogP contribution in [0, 0.1) is 0 Å². The highest BCUT2D eigenvalue weighted by Gasteiger charge is 2.27. The summed E-state index contributed by atoms with van der Waals surface area (Å²) in [7, 11) is 0. The van der Waals surface area contributed by atoms with E-state index in [9.17, 15) is 0 Å². The fraction of sp³-hybridized carbons (Fsp3) is 0. The van der Waals surface area contributed by atoms with Crippen molar-refractivity contribution in [2.75, 3.05) is 0 Å². The van der Waals surface area contributed by atoms with Gasteiger partial charge in [-0.25, -0.2) is 29.9 Å². The van der Waals surface area contributed by atoms with Gasteiger partial charge in [0.15, 0.2) is 0 Å². The van der Waals surface area contributed by atoms with Crippen LogP contribution in [0.5, 0.6) is 0 Å². The Kier molecular flexibility index (Phi) is 15.0. The monoisotopic (exact) mass is 1550 g/mol. The topological polar surface area (TPSA) is 118 Å². The Bertz CT molecular complexity index is 8550. The lowest BCUT2D eigenvalue weighted by atomic mass is 10.0. The summed E-state index contributed by atoms with van der Waals surface area (Å²) in [6.45, 7) is 0. The minimum Gasteiger partial charge on any atom is -0.455 e. The lowest BCUT2D eigenvalue weighted by Gasteiger charge is -2.11. The van der Waals surface area contributed by atoms with Crippen molar-refractivity contribution in [1.29, 1.82) is 0 Å². The smallest absolute Gasteiger partial charge is 0.235 e. The van der Waals surface area contributed by atoms with Crippen LogP contribution in [0.15, 0.2) is 391 Å². The number of benzene rings is 18. The number of nitrogens with zero attached hydrogens (tertiary/aromatic N) is 9. The van der Waals surface area contributed by atoms with E-state index in [1.807, 2.05) is 72.0 Å². The summed E-state index contributed by atoms with van der Waals surface area (Å²) in [6.07, 6.45) is 0. The Morgan fingerprint density at radius 1 is 0.192 bits per heavy atom. The molecule has 11 nitrogen and oxygen atoms in total. The first-order valence-electron chi connectivity index (χ1n) is 40.3. The van der Waals surface area contributed by atoms with Gasteiger partial charge >= 0.3 is 0 Å². The van der Waals surface area contributed by atoms with Gasteiger partial charge in [-0.1, -0.05) is 303 Å². The van der Waals surface area contributed by atoms with Gasteiger partial charge in [-0.2, -0.15) is 0 Å². The molecule has 27 aromatic rings. The van der Waals surface area contributed by atoms with Crippen LogP contribution in [-0.4, -0.2) is 43.6 Å². The molecule has 0 aliphatic rings. The van der Waals surface area contributed by atoms with Gasteiger partial charge in [-0.05, 0) is 100 Å². The van der Waals surface area contributed by atoms with Gasteiger partial charge in [0.05, 0.1) is 72.1 Å². The maximum atomic E-state index is 6.75. The zero-order chi connectivity index (χ0) is 78.6. The molecule has 0 spiro atoms. The van der Waals surface area contributed by atoms with E-state index in [-0.39, 0.29) is 0 Å². The van der Waals surface area contributed by atoms with Crippen molar-refractivity contribution in [2.45, 2.75) is 0 Å². The number of hydrogen-bond acceptors (Lipinski definition) is 9. The molecule has 9 aromatic heterocycles. The average Bonchev–Trinajstić information content (AvgIpc) is 1.56. The highest BCUT2D eigenvalue weighted by molar-refractivity contribution is 7.27. The van der Waals surface area contributed by atoms with E-state index in [2.05, 4.69) is 335 Å². The van der Waals surface area contributed by atoms with E-state index in [1.54, 1.807) is 0 Å². The molecule has 558 valence electrons. The lowest BCUT2D eigenvalue weighted by Crippen LogP contribution is -2.03. The molecule has 0 fully saturated rings. The molecule has 0 bridgehead atoms. The standard InChI is InChI=1S/2C36H21N3O.C36H21N3S/c1-2-11-23(12-3-1)33-27-14-6-8-16-29(27)37-36(38-33)39-30-17-9-7-15-28(30)32-31(39)21-20-26-25-19-18-22-10-4-5-13-24(22)34(25)40-35(26)32;1-2-11-23(12-3-1)34-25-14-6-8-16-28(25)37-36(38-34)39-29-17-9-7-15-26(29)32-30(39)20-21-31-33(32)27-19-18-22-10-4-5-13-24(22)35(27)40-31;1-2-11-23(12-3-1)33-27-14-6-8-16-29(27)37-36(38-33)39-30-17-9-7-15-28(30)32-31(39)21-20-26-25-19-18-22-10-4-5-13-24(22)34(25)40-35(26)32/h3*1-21H. The summed E-state index contributed by atoms with van der Waals surface area (Å²) in [5.74, 6) is 1.99. The third-order valence-corrected chi connectivity index (χ3v) is 25.3. The molecule has 0 aliphatic carbocycles. The second-order valence-corrected chi connectivity index (χ2v) is 31.6. The van der Waals surface area contributed by atoms with E-state index >= 15 is 0 Å². The molecule has 0 radical (unpaired) electrons. The van der Waals surface area contributed by atoms with Gasteiger partial charge in [0, 0.05) is 112 Å². The van der Waals surface area contributed by atoms with Gasteiger partial charge in [0.1, 0.15) is 22.3 Å². The largest absolute Gasteiger partial charge is 0.455 e. The number of thiophene rings is 1. The molecular formula is C108H63N9O2S. The average molecular weight is 1550 g/mol. The van der Waals surface area contributed by atoms with E-state index in [0.29, 0.717) is 17.8 Å². The van der Waals surface area contributed by atoms with E-state index in [0.717, 1.165) is 176 Å². The molecule has 0 atom stereocenters. The summed E-state index contributed by atoms with van der Waals surface area (Å²) in [5.41, 5.74) is 18.8. The molecule has 27 rings (SSSR count). The quantitative estimate of drug-likeness (QED) is 0.162. The molecule has 9 heterocycles. The molecule has 18 aromatic carbocycles. The van der Waals surface area contributed by atoms with Crippen molar-refractivity contribution in [2.24, 2.45) is 0 Å². The summed E-state index contributed by atoms with van der Waals surface area (Å²) < 4.78 is 22.5. The predicted octanol–water partition coefficient (Wildman–Crippen LogP) is 28.8. The highest BCUT2D eigenvalue weighted by atomic mass is 32.1. The van der Waals surface area contributed by atoms with Crippen LogP contribution in [0.3, 0.4) is 0 Å². The summed E-state index contributed by atoms with van der Waals surface area (Å²) in [6, 6.07) is 133. The zero-order valence-electron chi connectivity index (χ0n) is 64.1. The molecule has 0 unspecified atom stereocenters. The SMILES string of the molecule is c1ccc(-c2nc(-n3c4ccccc4c4c5c(ccc43)oc3c4ccccc4ccc35)nc3ccccc23)cc1.c1ccc(-c2nc(-n3c4ccccc4c4c5oc6c7ccccc7ccc6c5ccc43)nc3ccccc23)cc1.c1ccc(-c2nc(-n3c4ccccc4c4c5sc6c7ccccc7ccc6c5ccc43)nc3ccccc23)cc1. The summed E-state index contributed by atoms with van der Waals surface area (Å²) >= 11 is 1.89. The minimum atomic E-state index is 0.643. The van der Waals surface area contributed by atoms with Crippen molar-refractivity contribution in [3.05, 3.63) is 382 Å². The number of aromatic nitrogens is 9. The summed E-state index contributed by atoms with van der Waals surface area (Å²) in [5, 5.41) is 24.4. The van der Waals surface area contributed by atoms with Gasteiger partial charge in [-0.3, -0.25) is 13.7 Å². The maximum absolute atomic E-state index is 6.75. The fourth-order valence-electron chi connectivity index (χ4n) is 18.7. The first-order valence-corrected chi connectivity index (χ1v) is 41.1. The van der Waals surface area contributed by atoms with E-state index in [1.165, 1.54) is 52.5 Å². The van der Waals surface area contributed by atoms with Crippen LogP contribution in [0.2, 0.25) is 0 Å². The van der Waals surface area contributed by atoms with E-state index < -0.39 is 0 Å². The number of fused-ring (bicyclic) bond motifs is 30. The first kappa shape index (κ1) is 67.3. The van der Waals surface area contributed by atoms with Crippen LogP contribution in [0.25, 0.3) is 246 Å². The van der Waals surface area contributed by atoms with Crippen molar-refractivity contribution in [3.8, 4) is 51.6 Å². The van der Waals surface area contributed by atoms with Crippen LogP contribution in [0.1, 0.15) is 0 Å². The van der Waals surface area contributed by atoms with Crippen molar-refractivity contribution in [1.82, 2.24) is 43.6 Å². The van der Waals surface area contributed by atoms with Gasteiger partial charge in [0.2, 0.25) is 17.8 Å². The Hall–Kier alpha value is -16.0. The van der Waals surface area contributed by atoms with Crippen molar-refractivity contribution in [3.63, 3.8) is 0 Å². The molecule has 12 heteroatoms. The van der Waals surface area contributed by atoms with Crippen LogP contribution >= 0.6 is 11.3 Å². The number of furan rings is 2. The number of rotatable bonds is 6. The Morgan fingerprint density at radius 3 is 1.02 bits per heavy atom. The number of para-hydroxylation sites is 6. The Labute approximate surface area is 687 Å². The second-order valence-electron chi connectivity index (χ2n) is 30.6. The molecule has 0 amide bonds. The third kappa shape index (κ3) is 10.3. The molecule has 0 aliphatic heterocycles. The Balaban J connectivity index is 0.0000000997. The normalized spacial score (nSPS) is 12.0. The first-order chi connectivity index (χ1) is 59.5. The predicted molar refractivity (Wildman–Crippen MR) is 498 cm³/mol. The van der Waals surface area contributed by atoms with Crippen LogP contribution in [0.4, 0.5) is 0 Å². The van der Waals surface area contributed by atoms with Gasteiger partial charge in [0.25, 0.3) is 0 Å². The van der Waals surface area contributed by atoms with Crippen molar-refractivity contribution >= 4 is 206 Å². The molecule has 0 saturated carbocycles. The maximum Gasteiger partial charge on any atom is 0.235 e. The van der Waals surface area contributed by atoms with Crippen molar-refractivity contribution < 1.29 is 8.83 Å². The summed E-state index contributed by atoms with van der Waals surface area (Å²) in [4.78, 5) is 31.0. The fourth-order valence-corrected chi connectivity index (χ4v) is 20.1. The minimum absolute atomic E-state index is 0.643. The number of hydrogen-bond donors (Lipinski definition) is 0. The van der Waals surface area contributed by atoms with E-state index in [4.69, 9.17) is 38.7 Å². The zero-order valence-corrected chi connectivity index (χ0v) is 64.9. The molecular weight excluding hydrogens is 1490 g/mol. The van der Waals surface area contributed by atoms with Crippen LogP contribution in [-0.2, 0) is 0 Å². The highest BCUT2D eigenvalue weighted by Crippen LogP contribution is 2.49. The third-order valence-electron chi connectivity index (χ3n) is 24.0. The molecule has 0 saturated heterocycles. The lowest BCUT2D eigenvalue weighted by molar-refractivity contribution is 0.673. The molecule has 120 heavy (non-hydrogen) atoms. The van der Waals surface area contributed by atoms with Gasteiger partial charge < -0.3 is 8.83 Å². The molecule has 0 N–H and O–H groups in total. The van der Waals surface area contributed by atoms with Gasteiger partial charge in [-0.15, -0.1) is 11.3 Å².